The van der Waals surface area contributed by atoms with Crippen LogP contribution in [0.3, 0.4) is 0 Å². The number of hydrogen-bond donors (Lipinski definition) is 3. The van der Waals surface area contributed by atoms with Crippen molar-refractivity contribution >= 4 is 46.7 Å². The quantitative estimate of drug-likeness (QED) is 0.635. The number of amidine groups is 3. The molecule has 0 aliphatic carbocycles. The van der Waals surface area contributed by atoms with Crippen molar-refractivity contribution in [1.82, 2.24) is 10.2 Å². The fourth-order valence-corrected chi connectivity index (χ4v) is 4.94. The summed E-state index contributed by atoms with van der Waals surface area (Å²) in [6.07, 6.45) is 3.67. The number of piperidine rings is 1. The highest BCUT2D eigenvalue weighted by atomic mass is 35.5. The average Bonchev–Trinajstić information content (AvgIpc) is 3.17. The maximum Gasteiger partial charge on any atom is 0.171 e. The molecule has 0 radical (unpaired) electrons. The molecule has 3 aliphatic heterocycles. The Bertz CT molecular complexity index is 865. The van der Waals surface area contributed by atoms with E-state index in [9.17, 15) is 0 Å². The lowest BCUT2D eigenvalue weighted by molar-refractivity contribution is 0.348. The van der Waals surface area contributed by atoms with Crippen molar-refractivity contribution < 1.29 is 0 Å². The van der Waals surface area contributed by atoms with Gasteiger partial charge in [-0.2, -0.15) is 0 Å². The third kappa shape index (κ3) is 3.41. The van der Waals surface area contributed by atoms with Crippen LogP contribution in [0.4, 0.5) is 0 Å². The summed E-state index contributed by atoms with van der Waals surface area (Å²) in [5.74, 6) is 1.10. The highest BCUT2D eigenvalue weighted by Gasteiger charge is 2.34. The molecule has 5 nitrogen and oxygen atoms in total. The number of aliphatic imine (C=N–C) groups is 1. The topological polar surface area (TPSA) is 75.3 Å². The Hall–Kier alpha value is -1.79. The van der Waals surface area contributed by atoms with E-state index in [4.69, 9.17) is 10.8 Å². The lowest BCUT2D eigenvalue weighted by Crippen LogP contribution is -2.33. The van der Waals surface area contributed by atoms with Crippen molar-refractivity contribution in [3.05, 3.63) is 39.3 Å². The molecule has 0 unspecified atom stereocenters. The zero-order valence-electron chi connectivity index (χ0n) is 16.0. The molecule has 4 rings (SSSR count). The highest BCUT2D eigenvalue weighted by molar-refractivity contribution is 8.18. The molecule has 0 spiro atoms. The third-order valence-corrected chi connectivity index (χ3v) is 6.42. The standard InChI is InChI=1S/C20H25N5S.ClH/c1-11(2)13-8-7-12(3)14-15(13)16(23-18(14)21)17-19(22)24-20(26-17)25-9-5-4-6-10-25;/h7-8,11,22H,4-6,9-10H2,1-3H3,(H2,21,23);1H. The maximum absolute atomic E-state index is 8.46. The predicted molar refractivity (Wildman–Crippen MR) is 118 cm³/mol. The van der Waals surface area contributed by atoms with E-state index < -0.39 is 0 Å². The van der Waals surface area contributed by atoms with Crippen molar-refractivity contribution in [2.75, 3.05) is 13.1 Å². The van der Waals surface area contributed by atoms with Crippen molar-refractivity contribution in [1.29, 1.82) is 10.8 Å². The fourth-order valence-electron chi connectivity index (χ4n) is 3.91. The second-order valence-corrected chi connectivity index (χ2v) is 8.45. The molecule has 1 saturated heterocycles. The van der Waals surface area contributed by atoms with Crippen LogP contribution in [0.1, 0.15) is 61.3 Å². The van der Waals surface area contributed by atoms with E-state index in [0.29, 0.717) is 17.6 Å². The van der Waals surface area contributed by atoms with Gasteiger partial charge in [0.05, 0.1) is 10.6 Å². The summed E-state index contributed by atoms with van der Waals surface area (Å²) in [5, 5.41) is 21.1. The van der Waals surface area contributed by atoms with Gasteiger partial charge in [0.15, 0.2) is 11.0 Å². The SMILES string of the molecule is Cc1ccc(C(C)C)c2c1C(=N)NC2=C1SC(N2CCCCC2)=NC1=N.Cl. The summed E-state index contributed by atoms with van der Waals surface area (Å²) >= 11 is 1.59. The highest BCUT2D eigenvalue weighted by Crippen LogP contribution is 2.41. The Morgan fingerprint density at radius 3 is 2.48 bits per heavy atom. The van der Waals surface area contributed by atoms with Gasteiger partial charge in [-0.1, -0.05) is 26.0 Å². The largest absolute Gasteiger partial charge is 0.351 e. The number of nitrogens with one attached hydrogen (secondary N) is 3. The molecular formula is C20H26ClN5S. The smallest absolute Gasteiger partial charge is 0.171 e. The van der Waals surface area contributed by atoms with Crippen LogP contribution in [0.2, 0.25) is 0 Å². The zero-order chi connectivity index (χ0) is 18.4. The van der Waals surface area contributed by atoms with Gasteiger partial charge < -0.3 is 10.2 Å². The van der Waals surface area contributed by atoms with Crippen LogP contribution in [-0.2, 0) is 0 Å². The van der Waals surface area contributed by atoms with Crippen molar-refractivity contribution in [3.8, 4) is 0 Å². The monoisotopic (exact) mass is 403 g/mol. The number of aryl methyl sites for hydroxylation is 1. The van der Waals surface area contributed by atoms with E-state index in [1.807, 2.05) is 0 Å². The first-order valence-corrected chi connectivity index (χ1v) is 10.1. The molecule has 0 saturated carbocycles. The summed E-state index contributed by atoms with van der Waals surface area (Å²) in [7, 11) is 0. The molecule has 1 fully saturated rings. The minimum atomic E-state index is 0. The summed E-state index contributed by atoms with van der Waals surface area (Å²) < 4.78 is 0. The number of hydrogen-bond acceptors (Lipinski definition) is 4. The van der Waals surface area contributed by atoms with E-state index in [1.54, 1.807) is 11.8 Å². The lowest BCUT2D eigenvalue weighted by Gasteiger charge is -2.27. The molecule has 27 heavy (non-hydrogen) atoms. The third-order valence-electron chi connectivity index (χ3n) is 5.29. The molecule has 1 aromatic carbocycles. The van der Waals surface area contributed by atoms with Gasteiger partial charge in [0.2, 0.25) is 0 Å². The second-order valence-electron chi connectivity index (χ2n) is 7.47. The van der Waals surface area contributed by atoms with Crippen molar-refractivity contribution in [2.45, 2.75) is 46.0 Å². The minimum Gasteiger partial charge on any atom is -0.351 e. The molecule has 0 aromatic heterocycles. The fraction of sp³-hybridized carbons (Fsp3) is 0.450. The van der Waals surface area contributed by atoms with E-state index in [2.05, 4.69) is 48.1 Å². The lowest BCUT2D eigenvalue weighted by atomic mass is 9.90. The second kappa shape index (κ2) is 7.68. The number of rotatable bonds is 1. The Morgan fingerprint density at radius 1 is 1.11 bits per heavy atom. The van der Waals surface area contributed by atoms with Gasteiger partial charge in [-0.15, -0.1) is 12.4 Å². The van der Waals surface area contributed by atoms with Gasteiger partial charge in [-0.3, -0.25) is 10.8 Å². The number of fused-ring (bicyclic) bond motifs is 1. The number of halogens is 1. The summed E-state index contributed by atoms with van der Waals surface area (Å²) in [5.41, 5.74) is 5.28. The first kappa shape index (κ1) is 20.0. The molecule has 1 aromatic rings. The zero-order valence-corrected chi connectivity index (χ0v) is 17.6. The molecule has 0 amide bonds. The van der Waals surface area contributed by atoms with Crippen molar-refractivity contribution in [3.63, 3.8) is 0 Å². The number of likely N-dealkylation sites (tertiary alicyclic amines) is 1. The van der Waals surface area contributed by atoms with Gasteiger partial charge in [0.1, 0.15) is 5.84 Å². The Kier molecular flexibility index (Phi) is 5.68. The van der Waals surface area contributed by atoms with Crippen LogP contribution < -0.4 is 5.32 Å². The van der Waals surface area contributed by atoms with Crippen molar-refractivity contribution in [2.24, 2.45) is 4.99 Å². The Labute approximate surface area is 171 Å². The molecule has 144 valence electrons. The van der Waals surface area contributed by atoms with E-state index in [-0.39, 0.29) is 12.4 Å². The molecule has 3 aliphatic rings. The average molecular weight is 404 g/mol. The van der Waals surface area contributed by atoms with Gasteiger partial charge in [0.25, 0.3) is 0 Å². The van der Waals surface area contributed by atoms with Gasteiger partial charge in [0, 0.05) is 24.2 Å². The Morgan fingerprint density at radius 2 is 1.81 bits per heavy atom. The van der Waals surface area contributed by atoms with E-state index >= 15 is 0 Å². The first-order chi connectivity index (χ1) is 12.5. The van der Waals surface area contributed by atoms with Gasteiger partial charge in [-0.05, 0) is 55.0 Å². The minimum absolute atomic E-state index is 0. The maximum atomic E-state index is 8.46. The van der Waals surface area contributed by atoms with Gasteiger partial charge in [-0.25, -0.2) is 4.99 Å². The molecular weight excluding hydrogens is 378 g/mol. The van der Waals surface area contributed by atoms with Crippen LogP contribution in [0.15, 0.2) is 22.0 Å². The molecule has 3 N–H and O–H groups in total. The van der Waals surface area contributed by atoms with E-state index in [1.165, 1.54) is 24.8 Å². The molecule has 0 atom stereocenters. The van der Waals surface area contributed by atoms with Crippen LogP contribution in [-0.4, -0.2) is 34.8 Å². The molecule has 3 heterocycles. The van der Waals surface area contributed by atoms with Crippen LogP contribution >= 0.6 is 24.2 Å². The summed E-state index contributed by atoms with van der Waals surface area (Å²) in [6, 6.07) is 4.26. The van der Waals surface area contributed by atoms with Crippen LogP contribution in [0.5, 0.6) is 0 Å². The normalized spacial score (nSPS) is 21.9. The first-order valence-electron chi connectivity index (χ1n) is 9.32. The number of benzene rings is 1. The molecule has 7 heteroatoms. The van der Waals surface area contributed by atoms with Crippen LogP contribution in [0.25, 0.3) is 5.70 Å². The summed E-state index contributed by atoms with van der Waals surface area (Å²) in [6.45, 7) is 8.46. The number of nitrogens with zero attached hydrogens (tertiary/aromatic N) is 2. The Balaban J connectivity index is 0.00000210. The number of thioether (sulfide) groups is 1. The summed E-state index contributed by atoms with van der Waals surface area (Å²) in [4.78, 5) is 7.70. The predicted octanol–water partition coefficient (Wildman–Crippen LogP) is 4.70. The van der Waals surface area contributed by atoms with Crippen LogP contribution in [0, 0.1) is 17.7 Å². The molecule has 0 bridgehead atoms. The van der Waals surface area contributed by atoms with E-state index in [0.717, 1.165) is 45.5 Å². The van der Waals surface area contributed by atoms with Gasteiger partial charge >= 0.3 is 0 Å².